The Bertz CT molecular complexity index is 297. The van der Waals surface area contributed by atoms with Crippen molar-refractivity contribution < 1.29 is 0 Å². The van der Waals surface area contributed by atoms with E-state index in [0.29, 0.717) is 11.9 Å². The van der Waals surface area contributed by atoms with Crippen LogP contribution in [0.1, 0.15) is 6.42 Å². The molecule has 0 aromatic carbocycles. The van der Waals surface area contributed by atoms with Gasteiger partial charge in [0.15, 0.2) is 0 Å². The van der Waals surface area contributed by atoms with Crippen molar-refractivity contribution in [2.45, 2.75) is 12.5 Å². The van der Waals surface area contributed by atoms with Gasteiger partial charge in [-0.3, -0.25) is 0 Å². The van der Waals surface area contributed by atoms with E-state index in [1.807, 2.05) is 6.07 Å². The molecule has 14 heavy (non-hydrogen) atoms. The van der Waals surface area contributed by atoms with Gasteiger partial charge in [-0.15, -0.1) is 10.2 Å². The first-order valence-corrected chi connectivity index (χ1v) is 4.78. The Kier molecular flexibility index (Phi) is 2.49. The van der Waals surface area contributed by atoms with E-state index >= 15 is 0 Å². The number of nitrogens with zero attached hydrogens (tertiary/aromatic N) is 3. The summed E-state index contributed by atoms with van der Waals surface area (Å²) in [5.74, 6) is 1.26. The topological polar surface area (TPSA) is 67.1 Å². The van der Waals surface area contributed by atoms with Crippen LogP contribution in [-0.2, 0) is 0 Å². The number of nitrogen functional groups attached to an aromatic ring is 1. The Morgan fingerprint density at radius 1 is 1.50 bits per heavy atom. The molecule has 76 valence electrons. The highest BCUT2D eigenvalue weighted by Gasteiger charge is 2.19. The van der Waals surface area contributed by atoms with E-state index in [4.69, 9.17) is 5.73 Å². The summed E-state index contributed by atoms with van der Waals surface area (Å²) < 4.78 is 0. The summed E-state index contributed by atoms with van der Waals surface area (Å²) in [6.45, 7) is 2.20. The van der Waals surface area contributed by atoms with Crippen molar-refractivity contribution in [1.82, 2.24) is 15.1 Å². The standard InChI is InChI=1S/C9H15N5/c1-14-5-4-7(6-14)11-9-3-2-8(10)12-13-9/h2-3,7H,4-6H2,1H3,(H2,10,12)(H,11,13). The van der Waals surface area contributed by atoms with E-state index in [9.17, 15) is 0 Å². The van der Waals surface area contributed by atoms with Gasteiger partial charge in [-0.05, 0) is 32.1 Å². The molecule has 1 aromatic rings. The van der Waals surface area contributed by atoms with Crippen LogP contribution in [0.15, 0.2) is 12.1 Å². The molecular formula is C9H15N5. The second-order valence-corrected chi connectivity index (χ2v) is 3.74. The zero-order valence-corrected chi connectivity index (χ0v) is 8.27. The Morgan fingerprint density at radius 3 is 2.93 bits per heavy atom. The van der Waals surface area contributed by atoms with Gasteiger partial charge in [0.25, 0.3) is 0 Å². The maximum absolute atomic E-state index is 5.45. The van der Waals surface area contributed by atoms with Gasteiger partial charge in [0.05, 0.1) is 0 Å². The first-order chi connectivity index (χ1) is 6.74. The fourth-order valence-corrected chi connectivity index (χ4v) is 1.68. The molecule has 5 heteroatoms. The van der Waals surface area contributed by atoms with Gasteiger partial charge in [0, 0.05) is 12.6 Å². The normalized spacial score (nSPS) is 22.5. The Morgan fingerprint density at radius 2 is 2.36 bits per heavy atom. The molecule has 1 aromatic heterocycles. The molecule has 3 N–H and O–H groups in total. The van der Waals surface area contributed by atoms with E-state index in [2.05, 4.69) is 27.5 Å². The average Bonchev–Trinajstić information content (AvgIpc) is 2.56. The summed E-state index contributed by atoms with van der Waals surface area (Å²) in [4.78, 5) is 2.29. The van der Waals surface area contributed by atoms with Crippen molar-refractivity contribution in [3.05, 3.63) is 12.1 Å². The first-order valence-electron chi connectivity index (χ1n) is 4.78. The maximum atomic E-state index is 5.45. The highest BCUT2D eigenvalue weighted by atomic mass is 15.2. The molecule has 0 bridgehead atoms. The molecule has 5 nitrogen and oxygen atoms in total. The molecule has 0 amide bonds. The second-order valence-electron chi connectivity index (χ2n) is 3.74. The number of nitrogens with two attached hydrogens (primary N) is 1. The molecule has 0 spiro atoms. The van der Waals surface area contributed by atoms with Gasteiger partial charge < -0.3 is 16.0 Å². The lowest BCUT2D eigenvalue weighted by molar-refractivity contribution is 0.414. The van der Waals surface area contributed by atoms with E-state index in [1.54, 1.807) is 6.07 Å². The van der Waals surface area contributed by atoms with Crippen LogP contribution in [0.3, 0.4) is 0 Å². The zero-order valence-electron chi connectivity index (χ0n) is 8.27. The number of nitrogens with one attached hydrogen (secondary N) is 1. The van der Waals surface area contributed by atoms with Gasteiger partial charge in [0.1, 0.15) is 11.6 Å². The number of likely N-dealkylation sites (N-methyl/N-ethyl adjacent to an activating group) is 1. The van der Waals surface area contributed by atoms with Crippen LogP contribution >= 0.6 is 0 Å². The summed E-state index contributed by atoms with van der Waals surface area (Å²) in [6, 6.07) is 4.10. The minimum absolute atomic E-state index is 0.457. The highest BCUT2D eigenvalue weighted by molar-refractivity contribution is 5.39. The Balaban J connectivity index is 1.94. The van der Waals surface area contributed by atoms with Crippen molar-refractivity contribution in [3.63, 3.8) is 0 Å². The zero-order chi connectivity index (χ0) is 9.97. The van der Waals surface area contributed by atoms with Crippen LogP contribution < -0.4 is 11.1 Å². The minimum atomic E-state index is 0.457. The molecular weight excluding hydrogens is 178 g/mol. The van der Waals surface area contributed by atoms with Crippen molar-refractivity contribution in [3.8, 4) is 0 Å². The maximum Gasteiger partial charge on any atom is 0.149 e. The predicted molar refractivity (Wildman–Crippen MR) is 56.0 cm³/mol. The summed E-state index contributed by atoms with van der Waals surface area (Å²) in [7, 11) is 2.12. The van der Waals surface area contributed by atoms with Crippen molar-refractivity contribution in [1.29, 1.82) is 0 Å². The van der Waals surface area contributed by atoms with Gasteiger partial charge in [0.2, 0.25) is 0 Å². The fourth-order valence-electron chi connectivity index (χ4n) is 1.68. The van der Waals surface area contributed by atoms with E-state index < -0.39 is 0 Å². The quantitative estimate of drug-likeness (QED) is 0.701. The third kappa shape index (κ3) is 2.11. The van der Waals surface area contributed by atoms with Crippen molar-refractivity contribution in [2.75, 3.05) is 31.2 Å². The Labute approximate surface area is 83.3 Å². The number of rotatable bonds is 2. The Hall–Kier alpha value is -1.36. The molecule has 1 saturated heterocycles. The van der Waals surface area contributed by atoms with Gasteiger partial charge in [-0.25, -0.2) is 0 Å². The number of anilines is 2. The highest BCUT2D eigenvalue weighted by Crippen LogP contribution is 2.12. The van der Waals surface area contributed by atoms with Gasteiger partial charge >= 0.3 is 0 Å². The summed E-state index contributed by atoms with van der Waals surface area (Å²) in [5, 5.41) is 11.1. The molecule has 0 aliphatic carbocycles. The monoisotopic (exact) mass is 193 g/mol. The summed E-state index contributed by atoms with van der Waals surface area (Å²) in [5.41, 5.74) is 5.45. The molecule has 1 fully saturated rings. The summed E-state index contributed by atoms with van der Waals surface area (Å²) >= 11 is 0. The van der Waals surface area contributed by atoms with Crippen LogP contribution in [0.2, 0.25) is 0 Å². The van der Waals surface area contributed by atoms with Crippen molar-refractivity contribution >= 4 is 11.6 Å². The SMILES string of the molecule is CN1CCC(Nc2ccc(N)nn2)C1. The van der Waals surface area contributed by atoms with Gasteiger partial charge in [-0.2, -0.15) is 0 Å². The number of hydrogen-bond acceptors (Lipinski definition) is 5. The van der Waals surface area contributed by atoms with E-state index in [1.165, 1.54) is 0 Å². The molecule has 0 radical (unpaired) electrons. The molecule has 1 unspecified atom stereocenters. The average molecular weight is 193 g/mol. The fraction of sp³-hybridized carbons (Fsp3) is 0.556. The van der Waals surface area contributed by atoms with Crippen LogP contribution in [-0.4, -0.2) is 41.3 Å². The predicted octanol–water partition coefficient (Wildman–Crippen LogP) is 0.175. The third-order valence-electron chi connectivity index (χ3n) is 2.43. The number of aromatic nitrogens is 2. The van der Waals surface area contributed by atoms with Crippen LogP contribution in [0.4, 0.5) is 11.6 Å². The molecule has 0 saturated carbocycles. The summed E-state index contributed by atoms with van der Waals surface area (Å²) in [6.07, 6.45) is 1.16. The molecule has 2 rings (SSSR count). The van der Waals surface area contributed by atoms with Crippen molar-refractivity contribution in [2.24, 2.45) is 0 Å². The van der Waals surface area contributed by atoms with E-state index in [0.717, 1.165) is 25.3 Å². The largest absolute Gasteiger partial charge is 0.382 e. The van der Waals surface area contributed by atoms with Crippen LogP contribution in [0.25, 0.3) is 0 Å². The molecule has 2 heterocycles. The molecule has 1 aliphatic heterocycles. The molecule has 1 aliphatic rings. The lowest BCUT2D eigenvalue weighted by Gasteiger charge is -2.12. The van der Waals surface area contributed by atoms with E-state index in [-0.39, 0.29) is 0 Å². The lowest BCUT2D eigenvalue weighted by atomic mass is 10.2. The smallest absolute Gasteiger partial charge is 0.149 e. The van der Waals surface area contributed by atoms with Crippen LogP contribution in [0, 0.1) is 0 Å². The minimum Gasteiger partial charge on any atom is -0.382 e. The number of likely N-dealkylation sites (tertiary alicyclic amines) is 1. The lowest BCUT2D eigenvalue weighted by Crippen LogP contribution is -2.24. The number of hydrogen-bond donors (Lipinski definition) is 2. The van der Waals surface area contributed by atoms with Crippen LogP contribution in [0.5, 0.6) is 0 Å². The van der Waals surface area contributed by atoms with Gasteiger partial charge in [-0.1, -0.05) is 0 Å². The second kappa shape index (κ2) is 3.79. The third-order valence-corrected chi connectivity index (χ3v) is 2.43. The first kappa shape index (κ1) is 9.21. The molecule has 1 atom stereocenters.